The zero-order valence-corrected chi connectivity index (χ0v) is 53.8. The maximum atomic E-state index is 11.7. The average Bonchev–Trinajstić information content (AvgIpc) is 2.74. The number of sulfone groups is 1. The van der Waals surface area contributed by atoms with Crippen LogP contribution in [0, 0.1) is 55.2 Å². The van der Waals surface area contributed by atoms with Crippen molar-refractivity contribution in [2.45, 2.75) is 220 Å². The second-order valence-corrected chi connectivity index (χ2v) is 37.3. The van der Waals surface area contributed by atoms with Crippen LogP contribution in [0.2, 0.25) is 0 Å². The fraction of sp³-hybridized carbons (Fsp3) is 0.960. The minimum Gasteiger partial charge on any atom is -0.324 e. The molecule has 59 heavy (non-hydrogen) atoms. The van der Waals surface area contributed by atoms with Crippen molar-refractivity contribution >= 4 is 31.7 Å². The van der Waals surface area contributed by atoms with Crippen LogP contribution in [0.25, 0.3) is 0 Å². The summed E-state index contributed by atoms with van der Waals surface area (Å²) in [5.74, 6) is 2.17. The Morgan fingerprint density at radius 2 is 0.780 bits per heavy atom. The summed E-state index contributed by atoms with van der Waals surface area (Å²) in [6, 6.07) is 0. The second kappa shape index (κ2) is 28.9. The van der Waals surface area contributed by atoms with Gasteiger partial charge in [-0.05, 0) is 39.9 Å². The Bertz CT molecular complexity index is 1180. The van der Waals surface area contributed by atoms with Crippen LogP contribution >= 0.6 is 7.14 Å². The van der Waals surface area contributed by atoms with Crippen LogP contribution < -0.4 is 0 Å². The van der Waals surface area contributed by atoms with Gasteiger partial charge in [-0.2, -0.15) is 12.8 Å². The van der Waals surface area contributed by atoms with E-state index in [0.29, 0.717) is 21.7 Å². The number of hydrogen-bond acceptors (Lipinski definition) is 4. The first-order valence-corrected chi connectivity index (χ1v) is 29.3. The molecule has 0 heterocycles. The van der Waals surface area contributed by atoms with Crippen LogP contribution in [0.4, 0.5) is 0 Å². The van der Waals surface area contributed by atoms with Gasteiger partial charge < -0.3 is 11.0 Å². The monoisotopic (exact) mass is 1140 g/mol. The predicted octanol–water partition coefficient (Wildman–Crippen LogP) is 16.0. The molecule has 0 aromatic carbocycles. The smallest absolute Gasteiger partial charge is 0.0850 e. The van der Waals surface area contributed by atoms with Crippen molar-refractivity contribution in [2.75, 3.05) is 42.0 Å². The Kier molecular flexibility index (Phi) is 35.6. The van der Waals surface area contributed by atoms with Crippen molar-refractivity contribution in [3.05, 3.63) is 6.42 Å². The van der Waals surface area contributed by atoms with E-state index in [0.717, 1.165) is 23.8 Å². The van der Waals surface area contributed by atoms with E-state index in [9.17, 15) is 17.2 Å². The van der Waals surface area contributed by atoms with E-state index in [4.69, 9.17) is 0 Å². The van der Waals surface area contributed by atoms with Crippen LogP contribution in [0.3, 0.4) is 0 Å². The van der Waals surface area contributed by atoms with Gasteiger partial charge in [0.2, 0.25) is 0 Å². The predicted molar refractivity (Wildman–Crippen MR) is 268 cm³/mol. The Labute approximate surface area is 413 Å². The van der Waals surface area contributed by atoms with Gasteiger partial charge in [0.25, 0.3) is 0 Å². The van der Waals surface area contributed by atoms with Gasteiger partial charge in [-0.1, -0.05) is 163 Å². The summed E-state index contributed by atoms with van der Waals surface area (Å²) < 4.78 is 48.2. The molecule has 1 atom stereocenters. The topological polar surface area (TPSA) is 68.3 Å². The summed E-state index contributed by atoms with van der Waals surface area (Å²) in [5, 5.41) is 0. The number of hydrogen-bond donors (Lipinski definition) is 0. The van der Waals surface area contributed by atoms with Gasteiger partial charge in [-0.15, -0.1) is 0 Å². The molecule has 0 spiro atoms. The Hall–Kier alpha value is 1.99. The van der Waals surface area contributed by atoms with Gasteiger partial charge in [-0.25, -0.2) is 8.42 Å². The standard InChI is InChI=1S/C11H23.C11H22.C10H22O2S.C10H22OS.C8H19OP.W.Y/c2*1-10(2,3)8-7-9-11(4,5)6;1-9(2,3)7-13(11,12)8-10(4,5)6;1-9(2,3)7-12(11)8-10(4,5)6;1-6-10(5,9)7-8(2,3)4;;/h7H,8-9H2,1-6H3;8-9H2,1-6H3;7-8H2,1-6H3;7-8H2,1-6H3;6-7H2,1-5H3;;/q-1;;;;;;. The minimum absolute atomic E-state index is 0. The van der Waals surface area contributed by atoms with Crippen LogP contribution in [0.1, 0.15) is 220 Å². The largest absolute Gasteiger partial charge is 0.324 e. The second-order valence-electron chi connectivity index (χ2n) is 28.2. The molecule has 0 aromatic heterocycles. The first kappa shape index (κ1) is 72.6. The van der Waals surface area contributed by atoms with Crippen molar-refractivity contribution < 1.29 is 69.3 Å². The maximum absolute atomic E-state index is 11.7. The molecule has 0 aliphatic rings. The molecule has 4 nitrogen and oxygen atoms in total. The zero-order chi connectivity index (χ0) is 48.4. The van der Waals surface area contributed by atoms with E-state index in [1.807, 2.05) is 55.1 Å². The molecule has 1 unspecified atom stereocenters. The molecule has 0 aliphatic heterocycles. The fourth-order valence-electron chi connectivity index (χ4n) is 5.69. The van der Waals surface area contributed by atoms with E-state index >= 15 is 0 Å². The quantitative estimate of drug-likeness (QED) is 0.161. The summed E-state index contributed by atoms with van der Waals surface area (Å²) in [7, 11) is -5.35. The maximum Gasteiger partial charge on any atom is 0.0850 e. The molecular formula is C50H108O4PS2WY-. The first-order chi connectivity index (χ1) is 24.6. The van der Waals surface area contributed by atoms with Gasteiger partial charge in [0.15, 0.2) is 9.84 Å². The molecule has 0 aromatic rings. The van der Waals surface area contributed by atoms with E-state index in [-0.39, 0.29) is 71.3 Å². The van der Waals surface area contributed by atoms with Crippen LogP contribution in [0.5, 0.6) is 0 Å². The van der Waals surface area contributed by atoms with E-state index in [1.54, 1.807) is 23.3 Å². The third-order valence-electron chi connectivity index (χ3n) is 6.94. The third kappa shape index (κ3) is 77.6. The molecule has 0 bridgehead atoms. The van der Waals surface area contributed by atoms with Crippen LogP contribution in [-0.4, -0.2) is 58.5 Å². The van der Waals surface area contributed by atoms with Crippen molar-refractivity contribution in [3.8, 4) is 0 Å². The molecule has 359 valence electrons. The Morgan fingerprint density at radius 1 is 0.508 bits per heavy atom. The summed E-state index contributed by atoms with van der Waals surface area (Å²) in [5.41, 5.74) is 2.21. The fourth-order valence-corrected chi connectivity index (χ4v) is 15.8. The average molecular weight is 1140 g/mol. The summed E-state index contributed by atoms with van der Waals surface area (Å²) in [4.78, 5) is 0. The van der Waals surface area contributed by atoms with Gasteiger partial charge in [0.1, 0.15) is 0 Å². The van der Waals surface area contributed by atoms with Crippen molar-refractivity contribution in [3.63, 3.8) is 0 Å². The van der Waals surface area contributed by atoms with E-state index in [2.05, 4.69) is 152 Å². The molecule has 0 fully saturated rings. The van der Waals surface area contributed by atoms with Crippen molar-refractivity contribution in [1.82, 2.24) is 0 Å². The zero-order valence-electron chi connectivity index (χ0n) is 45.5. The molecule has 0 amide bonds. The molecule has 0 aliphatic carbocycles. The van der Waals surface area contributed by atoms with Gasteiger partial charge in [0, 0.05) is 61.2 Å². The van der Waals surface area contributed by atoms with E-state index < -0.39 is 27.8 Å². The van der Waals surface area contributed by atoms with Crippen molar-refractivity contribution in [1.29, 1.82) is 0 Å². The SMILES string of the molecule is CC(C)(C)CS(=O)(=O)CC(C)(C)C.CC(C)(C)CS(=O)CC(C)(C)C.CC(C)(C)C[CH-]CC(C)(C)C.CC(C)(C)C[C](=[W])CC(C)(C)C.CCP(C)(=O)CC(C)(C)C.[Y]. The third-order valence-corrected chi connectivity index (χ3v) is 15.9. The van der Waals surface area contributed by atoms with Crippen molar-refractivity contribution in [2.24, 2.45) is 48.7 Å². The summed E-state index contributed by atoms with van der Waals surface area (Å²) in [6.45, 7) is 62.4. The molecule has 0 saturated carbocycles. The summed E-state index contributed by atoms with van der Waals surface area (Å²) in [6.07, 6.45) is 9.16. The molecule has 0 saturated heterocycles. The molecule has 0 N–H and O–H groups in total. The molecule has 1 radical (unpaired) electrons. The van der Waals surface area contributed by atoms with Gasteiger partial charge in [0.05, 0.1) is 18.6 Å². The first-order valence-electron chi connectivity index (χ1n) is 22.0. The Balaban J connectivity index is -0.000000149. The molecule has 0 rings (SSSR count). The summed E-state index contributed by atoms with van der Waals surface area (Å²) >= 11 is 1.68. The molecular weight excluding hydrogens is 1030 g/mol. The van der Waals surface area contributed by atoms with Crippen LogP contribution in [-0.2, 0) is 77.3 Å². The van der Waals surface area contributed by atoms with Crippen LogP contribution in [0.15, 0.2) is 0 Å². The van der Waals surface area contributed by atoms with Gasteiger partial charge in [-0.3, -0.25) is 4.21 Å². The Morgan fingerprint density at radius 3 is 0.932 bits per heavy atom. The van der Waals surface area contributed by atoms with E-state index in [1.165, 1.54) is 25.7 Å². The van der Waals surface area contributed by atoms with Gasteiger partial charge >= 0.3 is 88.5 Å². The number of rotatable bonds is 10. The molecule has 9 heteroatoms. The minimum atomic E-state index is -2.90. The normalized spacial score (nSPS) is 14.4.